The normalized spacial score (nSPS) is 20.4. The van der Waals surface area contributed by atoms with E-state index >= 15 is 0 Å². The molecule has 2 aliphatic heterocycles. The van der Waals surface area contributed by atoms with Crippen molar-refractivity contribution in [2.45, 2.75) is 24.4 Å². The molecule has 16 heteroatoms. The van der Waals surface area contributed by atoms with Gasteiger partial charge in [0.25, 0.3) is 0 Å². The van der Waals surface area contributed by atoms with Crippen LogP contribution in [0.15, 0.2) is 36.4 Å². The van der Waals surface area contributed by atoms with Gasteiger partial charge in [-0.15, -0.1) is 0 Å². The number of fused-ring (bicyclic) bond motifs is 2. The summed E-state index contributed by atoms with van der Waals surface area (Å²) in [5.74, 6) is -13.0. The van der Waals surface area contributed by atoms with E-state index in [1.165, 1.54) is 0 Å². The number of aromatic hydroxyl groups is 10. The van der Waals surface area contributed by atoms with E-state index in [4.69, 9.17) is 9.47 Å². The number of carbonyl (C=O) groups is 2. The average molecular weight is 638 g/mol. The molecule has 2 aliphatic rings. The van der Waals surface area contributed by atoms with Crippen LogP contribution in [0, 0.1) is 0 Å². The highest BCUT2D eigenvalue weighted by Gasteiger charge is 2.45. The van der Waals surface area contributed by atoms with Gasteiger partial charge in [0.15, 0.2) is 47.4 Å². The van der Waals surface area contributed by atoms with Gasteiger partial charge in [-0.05, 0) is 12.1 Å². The van der Waals surface area contributed by atoms with Gasteiger partial charge >= 0.3 is 0 Å². The summed E-state index contributed by atoms with van der Waals surface area (Å²) < 4.78 is 11.4. The minimum atomic E-state index is -2.22. The van der Waals surface area contributed by atoms with Crippen molar-refractivity contribution < 1.29 is 80.3 Å². The molecule has 4 atom stereocenters. The van der Waals surface area contributed by atoms with Crippen LogP contribution in [0.5, 0.6) is 69.0 Å². The molecule has 0 amide bonds. The number of phenolic OH excluding ortho intramolecular Hbond substituents is 10. The number of hydrogen-bond donors (Lipinski definition) is 12. The summed E-state index contributed by atoms with van der Waals surface area (Å²) in [6.07, 6.45) is -8.36. The minimum Gasteiger partial charge on any atom is -0.508 e. The maximum atomic E-state index is 13.1. The fourth-order valence-electron chi connectivity index (χ4n) is 5.60. The third-order valence-corrected chi connectivity index (χ3v) is 7.68. The van der Waals surface area contributed by atoms with Crippen molar-refractivity contribution >= 4 is 11.6 Å². The Kier molecular flexibility index (Phi) is 6.57. The van der Waals surface area contributed by atoms with Crippen LogP contribution in [-0.2, 0) is 0 Å². The molecule has 0 spiro atoms. The number of ether oxygens (including phenoxy) is 2. The van der Waals surface area contributed by atoms with E-state index < -0.39 is 138 Å². The summed E-state index contributed by atoms with van der Waals surface area (Å²) in [4.78, 5) is 26.3. The lowest BCUT2D eigenvalue weighted by molar-refractivity contribution is 0.0202. The fourth-order valence-corrected chi connectivity index (χ4v) is 5.60. The number of rotatable bonds is 3. The Bertz CT molecular complexity index is 1860. The third kappa shape index (κ3) is 4.23. The van der Waals surface area contributed by atoms with Gasteiger partial charge < -0.3 is 70.8 Å². The highest BCUT2D eigenvalue weighted by Crippen LogP contribution is 2.57. The lowest BCUT2D eigenvalue weighted by Gasteiger charge is -2.34. The molecule has 0 radical (unpaired) electrons. The second kappa shape index (κ2) is 10.1. The third-order valence-electron chi connectivity index (χ3n) is 7.68. The van der Waals surface area contributed by atoms with Gasteiger partial charge in [-0.2, -0.15) is 0 Å². The Labute approximate surface area is 255 Å². The molecule has 0 aliphatic carbocycles. The van der Waals surface area contributed by atoms with Gasteiger partial charge in [0, 0.05) is 46.5 Å². The lowest BCUT2D eigenvalue weighted by Crippen LogP contribution is -2.37. The number of carbonyl (C=O) groups excluding carboxylic acids is 2. The van der Waals surface area contributed by atoms with Crippen LogP contribution in [0.2, 0.25) is 0 Å². The highest BCUT2D eigenvalue weighted by molar-refractivity contribution is 6.07. The molecule has 12 N–H and O–H groups in total. The monoisotopic (exact) mass is 638 g/mol. The summed E-state index contributed by atoms with van der Waals surface area (Å²) in [5, 5.41) is 126. The van der Waals surface area contributed by atoms with E-state index in [0.717, 1.165) is 24.3 Å². The molecule has 4 aromatic carbocycles. The van der Waals surface area contributed by atoms with Crippen molar-refractivity contribution in [2.24, 2.45) is 0 Å². The van der Waals surface area contributed by atoms with Crippen molar-refractivity contribution in [1.82, 2.24) is 0 Å². The molecule has 0 aromatic heterocycles. The van der Waals surface area contributed by atoms with Crippen LogP contribution in [0.25, 0.3) is 11.1 Å². The maximum Gasteiger partial charge on any atom is 0.202 e. The largest absolute Gasteiger partial charge is 0.508 e. The van der Waals surface area contributed by atoms with Gasteiger partial charge in [-0.25, -0.2) is 0 Å². The predicted octanol–water partition coefficient (Wildman–Crippen LogP) is 1.76. The quantitative estimate of drug-likeness (QED) is 0.142. The standard InChI is InChI=1S/C30H22O16/c31-7-1-11(33)19-15(3-7)45-29(27(43)25(19)41)9-5-13(35)21(37)23(39)17(9)18-10(6-14(36)22(38)24(18)40)30-28(44)26(42)20-12(34)2-8(32)4-16(20)46-30/h1-6,27-40,43-44H/t27-,28-,29+,30+/m0/s1. The Morgan fingerprint density at radius 2 is 0.783 bits per heavy atom. The summed E-state index contributed by atoms with van der Waals surface area (Å²) in [7, 11) is 0. The molecule has 0 bridgehead atoms. The number of aliphatic hydroxyl groups is 2. The van der Waals surface area contributed by atoms with Crippen molar-refractivity contribution in [3.05, 3.63) is 58.7 Å². The maximum absolute atomic E-state index is 13.1. The molecule has 46 heavy (non-hydrogen) atoms. The second-order valence-electron chi connectivity index (χ2n) is 10.5. The van der Waals surface area contributed by atoms with E-state index in [0.29, 0.717) is 12.1 Å². The Morgan fingerprint density at radius 1 is 0.435 bits per heavy atom. The topological polar surface area (TPSA) is 295 Å². The number of ketones is 2. The summed E-state index contributed by atoms with van der Waals surface area (Å²) in [5.41, 5.74) is -3.84. The average Bonchev–Trinajstić information content (AvgIpc) is 2.98. The second-order valence-corrected chi connectivity index (χ2v) is 10.5. The number of Topliss-reactive ketones (excluding diaryl/α,β-unsaturated/α-hetero) is 2. The Morgan fingerprint density at radius 3 is 1.13 bits per heavy atom. The smallest absolute Gasteiger partial charge is 0.202 e. The number of phenols is 10. The molecule has 0 saturated heterocycles. The van der Waals surface area contributed by atoms with Crippen molar-refractivity contribution in [1.29, 1.82) is 0 Å². The molecule has 4 aromatic rings. The first-order chi connectivity index (χ1) is 21.6. The Balaban J connectivity index is 1.63. The zero-order chi connectivity index (χ0) is 33.5. The van der Waals surface area contributed by atoms with Crippen LogP contribution < -0.4 is 9.47 Å². The van der Waals surface area contributed by atoms with E-state index in [-0.39, 0.29) is 0 Å². The molecule has 2 heterocycles. The van der Waals surface area contributed by atoms with Gasteiger partial charge in [-0.3, -0.25) is 9.59 Å². The van der Waals surface area contributed by atoms with Gasteiger partial charge in [0.05, 0.1) is 0 Å². The van der Waals surface area contributed by atoms with Crippen LogP contribution in [0.4, 0.5) is 0 Å². The fraction of sp³-hybridized carbons (Fsp3) is 0.133. The van der Waals surface area contributed by atoms with Gasteiger partial charge in [-0.1, -0.05) is 0 Å². The number of aliphatic hydroxyl groups excluding tert-OH is 2. The van der Waals surface area contributed by atoms with E-state index in [2.05, 4.69) is 0 Å². The van der Waals surface area contributed by atoms with E-state index in [1.54, 1.807) is 0 Å². The molecule has 238 valence electrons. The van der Waals surface area contributed by atoms with Crippen molar-refractivity contribution in [3.63, 3.8) is 0 Å². The molecular weight excluding hydrogens is 616 g/mol. The van der Waals surface area contributed by atoms with Crippen LogP contribution in [0.1, 0.15) is 44.1 Å². The molecule has 16 nitrogen and oxygen atoms in total. The highest BCUT2D eigenvalue weighted by atomic mass is 16.5. The zero-order valence-corrected chi connectivity index (χ0v) is 22.8. The van der Waals surface area contributed by atoms with Gasteiger partial charge in [0.2, 0.25) is 23.1 Å². The summed E-state index contributed by atoms with van der Waals surface area (Å²) in [6, 6.07) is 4.80. The first kappa shape index (κ1) is 29.8. The number of benzene rings is 4. The van der Waals surface area contributed by atoms with Crippen LogP contribution in [-0.4, -0.2) is 85.1 Å². The first-order valence-electron chi connectivity index (χ1n) is 13.1. The lowest BCUT2D eigenvalue weighted by atomic mass is 9.83. The molecular formula is C30H22O16. The predicted molar refractivity (Wildman–Crippen MR) is 149 cm³/mol. The molecule has 0 fully saturated rings. The van der Waals surface area contributed by atoms with Gasteiger partial charge in [0.1, 0.15) is 45.6 Å². The van der Waals surface area contributed by atoms with Crippen LogP contribution in [0.3, 0.4) is 0 Å². The molecule has 0 unspecified atom stereocenters. The van der Waals surface area contributed by atoms with E-state index in [9.17, 15) is 70.9 Å². The summed E-state index contributed by atoms with van der Waals surface area (Å²) in [6.45, 7) is 0. The zero-order valence-electron chi connectivity index (χ0n) is 22.8. The van der Waals surface area contributed by atoms with E-state index in [1.807, 2.05) is 0 Å². The van der Waals surface area contributed by atoms with Crippen molar-refractivity contribution in [3.8, 4) is 80.1 Å². The minimum absolute atomic E-state index is 0.471. The summed E-state index contributed by atoms with van der Waals surface area (Å²) >= 11 is 0. The molecule has 0 saturated carbocycles. The van der Waals surface area contributed by atoms with Crippen molar-refractivity contribution in [2.75, 3.05) is 0 Å². The van der Waals surface area contributed by atoms with Crippen LogP contribution >= 0.6 is 0 Å². The SMILES string of the molecule is O=C1c2c(O)cc(O)cc2O[C@H](c2cc(O)c(O)c(O)c2-c2c([C@H]3Oc4cc(O)cc(O)c4C(=O)[C@@H]3O)cc(O)c(O)c2O)[C@H]1O. The first-order valence-corrected chi connectivity index (χ1v) is 13.1. The number of hydrogen-bond acceptors (Lipinski definition) is 16. The Hall–Kier alpha value is -6.26. The molecule has 6 rings (SSSR count).